The lowest BCUT2D eigenvalue weighted by molar-refractivity contribution is -0.132. The summed E-state index contributed by atoms with van der Waals surface area (Å²) in [6.45, 7) is 17.0. The summed E-state index contributed by atoms with van der Waals surface area (Å²) in [7, 11) is 0. The van der Waals surface area contributed by atoms with Crippen LogP contribution in [0.25, 0.3) is 0 Å². The third kappa shape index (κ3) is 8.94. The molecule has 0 aromatic rings. The lowest BCUT2D eigenvalue weighted by atomic mass is 9.74. The first kappa shape index (κ1) is 28.9. The lowest BCUT2D eigenvalue weighted by Crippen LogP contribution is -2.45. The van der Waals surface area contributed by atoms with Crippen molar-refractivity contribution in [1.82, 2.24) is 0 Å². The van der Waals surface area contributed by atoms with Crippen molar-refractivity contribution < 1.29 is 14.4 Å². The van der Waals surface area contributed by atoms with E-state index in [2.05, 4.69) is 0 Å². The molecule has 6 heteroatoms. The van der Waals surface area contributed by atoms with Crippen molar-refractivity contribution >= 4 is 17.3 Å². The highest BCUT2D eigenvalue weighted by molar-refractivity contribution is 5.91. The van der Waals surface area contributed by atoms with E-state index in [0.29, 0.717) is 38.0 Å². The van der Waals surface area contributed by atoms with Gasteiger partial charge < -0.3 is 17.2 Å². The van der Waals surface area contributed by atoms with Crippen LogP contribution in [0.5, 0.6) is 0 Å². The Kier molecular flexibility index (Phi) is 10.6. The van der Waals surface area contributed by atoms with Crippen LogP contribution in [0.15, 0.2) is 0 Å². The number of Topliss-reactive ketones (excluding diaryl/α,β-unsaturated/α-hetero) is 3. The Bertz CT molecular complexity index is 603. The van der Waals surface area contributed by atoms with Gasteiger partial charge in [-0.15, -0.1) is 0 Å². The van der Waals surface area contributed by atoms with Gasteiger partial charge in [-0.3, -0.25) is 14.4 Å². The molecule has 0 heterocycles. The molecule has 0 aromatic heterocycles. The molecule has 0 aliphatic heterocycles. The summed E-state index contributed by atoms with van der Waals surface area (Å²) < 4.78 is 0. The van der Waals surface area contributed by atoms with E-state index >= 15 is 0 Å². The van der Waals surface area contributed by atoms with Gasteiger partial charge in [0.25, 0.3) is 0 Å². The normalized spacial score (nSPS) is 16.3. The number of carbonyl (C=O) groups is 3. The number of carbonyl (C=O) groups excluding carboxylic acids is 3. The molecule has 0 radical (unpaired) electrons. The first-order valence-electron chi connectivity index (χ1n) is 11.2. The number of nitrogens with two attached hydrogens (primary N) is 3. The smallest absolute Gasteiger partial charge is 0.155 e. The van der Waals surface area contributed by atoms with Crippen LogP contribution in [-0.4, -0.2) is 35.5 Å². The molecular weight excluding hydrogens is 378 g/mol. The molecule has 6 N–H and O–H groups in total. The Hall–Kier alpha value is -1.11. The molecule has 0 fully saturated rings. The third-order valence-electron chi connectivity index (χ3n) is 5.97. The maximum atomic E-state index is 12.9. The molecule has 0 amide bonds. The highest BCUT2D eigenvalue weighted by Crippen LogP contribution is 2.31. The van der Waals surface area contributed by atoms with Gasteiger partial charge >= 0.3 is 0 Å². The zero-order chi connectivity index (χ0) is 24.1. The predicted molar refractivity (Wildman–Crippen MR) is 124 cm³/mol. The van der Waals surface area contributed by atoms with Crippen LogP contribution in [0.3, 0.4) is 0 Å². The minimum atomic E-state index is -0.683. The average molecular weight is 426 g/mol. The van der Waals surface area contributed by atoms with Crippen molar-refractivity contribution in [2.45, 2.75) is 113 Å². The van der Waals surface area contributed by atoms with Crippen LogP contribution >= 0.6 is 0 Å². The second kappa shape index (κ2) is 11.0. The molecule has 0 spiro atoms. The van der Waals surface area contributed by atoms with Gasteiger partial charge in [0.05, 0.1) is 18.1 Å². The second-order valence-corrected chi connectivity index (χ2v) is 11.6. The molecule has 0 rings (SSSR count). The summed E-state index contributed by atoms with van der Waals surface area (Å²) in [5, 5.41) is 0. The summed E-state index contributed by atoms with van der Waals surface area (Å²) in [4.78, 5) is 38.0. The molecule has 30 heavy (non-hydrogen) atoms. The van der Waals surface area contributed by atoms with E-state index in [4.69, 9.17) is 17.2 Å². The maximum Gasteiger partial charge on any atom is 0.155 e. The summed E-state index contributed by atoms with van der Waals surface area (Å²) >= 11 is 0. The van der Waals surface area contributed by atoms with E-state index < -0.39 is 34.4 Å². The lowest BCUT2D eigenvalue weighted by Gasteiger charge is -2.31. The molecule has 0 aromatic carbocycles. The van der Waals surface area contributed by atoms with Gasteiger partial charge in [0.1, 0.15) is 0 Å². The first-order chi connectivity index (χ1) is 13.3. The van der Waals surface area contributed by atoms with Crippen LogP contribution < -0.4 is 17.2 Å². The molecule has 0 unspecified atom stereocenters. The van der Waals surface area contributed by atoms with Crippen molar-refractivity contribution in [1.29, 1.82) is 0 Å². The number of ketones is 3. The zero-order valence-electron chi connectivity index (χ0n) is 20.8. The Morgan fingerprint density at radius 2 is 0.967 bits per heavy atom. The molecule has 0 saturated carbocycles. The SMILES string of the molecule is CC(C)C[C@@H](N)C(=O)C(C)(C)CC[C@H](N)C(=O)C(C)(C)CC[C@@H](N)C(=O)C(C)(C)C. The van der Waals surface area contributed by atoms with Crippen LogP contribution in [0.2, 0.25) is 0 Å². The Morgan fingerprint density at radius 1 is 0.633 bits per heavy atom. The molecule has 0 aliphatic carbocycles. The van der Waals surface area contributed by atoms with Crippen LogP contribution in [0.1, 0.15) is 94.4 Å². The summed E-state index contributed by atoms with van der Waals surface area (Å²) in [6.07, 6.45) is 2.50. The molecule has 176 valence electrons. The topological polar surface area (TPSA) is 129 Å². The van der Waals surface area contributed by atoms with E-state index in [1.807, 2.05) is 62.3 Å². The summed E-state index contributed by atoms with van der Waals surface area (Å²) in [5.41, 5.74) is 16.5. The fourth-order valence-corrected chi connectivity index (χ4v) is 3.72. The molecule has 0 aliphatic rings. The minimum Gasteiger partial charge on any atom is -0.321 e. The highest BCUT2D eigenvalue weighted by atomic mass is 16.1. The van der Waals surface area contributed by atoms with Gasteiger partial charge in [0.15, 0.2) is 17.3 Å². The van der Waals surface area contributed by atoms with E-state index in [1.165, 1.54) is 0 Å². The Morgan fingerprint density at radius 3 is 1.30 bits per heavy atom. The minimum absolute atomic E-state index is 0.00644. The fraction of sp³-hybridized carbons (Fsp3) is 0.875. The summed E-state index contributed by atoms with van der Waals surface area (Å²) in [6, 6.07) is -1.75. The van der Waals surface area contributed by atoms with Gasteiger partial charge in [0.2, 0.25) is 0 Å². The average Bonchev–Trinajstić information content (AvgIpc) is 2.60. The van der Waals surface area contributed by atoms with Gasteiger partial charge in [-0.1, -0.05) is 62.3 Å². The Balaban J connectivity index is 4.87. The van der Waals surface area contributed by atoms with Crippen molar-refractivity contribution in [2.75, 3.05) is 0 Å². The number of rotatable bonds is 13. The maximum absolute atomic E-state index is 12.9. The monoisotopic (exact) mass is 425 g/mol. The molecule has 0 bridgehead atoms. The highest BCUT2D eigenvalue weighted by Gasteiger charge is 2.37. The van der Waals surface area contributed by atoms with E-state index in [0.717, 1.165) is 0 Å². The number of hydrogen-bond acceptors (Lipinski definition) is 6. The van der Waals surface area contributed by atoms with Gasteiger partial charge in [-0.05, 0) is 38.0 Å². The van der Waals surface area contributed by atoms with Crippen molar-refractivity contribution in [2.24, 2.45) is 39.4 Å². The predicted octanol–water partition coefficient (Wildman–Crippen LogP) is 3.38. The van der Waals surface area contributed by atoms with Crippen molar-refractivity contribution in [3.05, 3.63) is 0 Å². The first-order valence-corrected chi connectivity index (χ1v) is 11.2. The van der Waals surface area contributed by atoms with E-state index in [-0.39, 0.29) is 17.3 Å². The van der Waals surface area contributed by atoms with E-state index in [9.17, 15) is 14.4 Å². The van der Waals surface area contributed by atoms with Crippen molar-refractivity contribution in [3.63, 3.8) is 0 Å². The molecule has 6 nitrogen and oxygen atoms in total. The van der Waals surface area contributed by atoms with Crippen LogP contribution in [0.4, 0.5) is 0 Å². The van der Waals surface area contributed by atoms with Gasteiger partial charge in [-0.2, -0.15) is 0 Å². The zero-order valence-corrected chi connectivity index (χ0v) is 20.8. The standard InChI is InChI=1S/C24H47N3O3/c1-15(2)14-18(27)21(30)24(8,9)13-11-17(26)20(29)23(6,7)12-10-16(25)19(28)22(3,4)5/h15-18H,10-14,25-27H2,1-9H3/t16-,17+,18-/m1/s1. The summed E-state index contributed by atoms with van der Waals surface area (Å²) in [5.74, 6) is 0.295. The van der Waals surface area contributed by atoms with Gasteiger partial charge in [-0.25, -0.2) is 0 Å². The molecule has 0 saturated heterocycles. The van der Waals surface area contributed by atoms with Crippen molar-refractivity contribution in [3.8, 4) is 0 Å². The van der Waals surface area contributed by atoms with Crippen LogP contribution in [-0.2, 0) is 14.4 Å². The van der Waals surface area contributed by atoms with Crippen LogP contribution in [0, 0.1) is 22.2 Å². The number of hydrogen-bond donors (Lipinski definition) is 3. The molecular formula is C24H47N3O3. The Labute approximate surface area is 184 Å². The van der Waals surface area contributed by atoms with E-state index in [1.54, 1.807) is 0 Å². The second-order valence-electron chi connectivity index (χ2n) is 11.6. The quantitative estimate of drug-likeness (QED) is 0.415. The molecule has 3 atom stereocenters. The van der Waals surface area contributed by atoms with Gasteiger partial charge in [0, 0.05) is 16.2 Å². The fourth-order valence-electron chi connectivity index (χ4n) is 3.72. The largest absolute Gasteiger partial charge is 0.321 e. The third-order valence-corrected chi connectivity index (χ3v) is 5.97.